The van der Waals surface area contributed by atoms with Crippen molar-refractivity contribution in [2.45, 2.75) is 25.7 Å². The van der Waals surface area contributed by atoms with Gasteiger partial charge < -0.3 is 0 Å². The van der Waals surface area contributed by atoms with Gasteiger partial charge in [0.25, 0.3) is 0 Å². The minimum Gasteiger partial charge on any atom is -0.232 e. The Hall–Kier alpha value is -5.60. The lowest BCUT2D eigenvalue weighted by Crippen LogP contribution is -2.11. The third-order valence-electron chi connectivity index (χ3n) is 9.76. The molecule has 1 heterocycles. The molecule has 7 aromatic rings. The average Bonchev–Trinajstić information content (AvgIpc) is 3.61. The molecule has 9 rings (SSSR count). The number of hydrogen-bond donors (Lipinski definition) is 0. The predicted molar refractivity (Wildman–Crippen MR) is 188 cm³/mol. The zero-order chi connectivity index (χ0) is 30.8. The van der Waals surface area contributed by atoms with Crippen molar-refractivity contribution in [2.24, 2.45) is 0 Å². The fourth-order valence-corrected chi connectivity index (χ4v) is 7.72. The first-order chi connectivity index (χ1) is 22.6. The molecule has 2 unspecified atom stereocenters. The van der Waals surface area contributed by atoms with Gasteiger partial charge in [0.05, 0.1) is 17.3 Å². The number of fused-ring (bicyclic) bond motifs is 7. The fraction of sp³-hybridized carbons (Fsp3) is 0.0909. The fourth-order valence-electron chi connectivity index (χ4n) is 7.72. The molecule has 0 saturated carbocycles. The van der Waals surface area contributed by atoms with Crippen LogP contribution < -0.4 is 0 Å². The second-order valence-corrected chi connectivity index (χ2v) is 12.7. The van der Waals surface area contributed by atoms with Crippen LogP contribution in [0.1, 0.15) is 56.6 Å². The van der Waals surface area contributed by atoms with E-state index in [4.69, 9.17) is 9.97 Å². The molecule has 0 fully saturated rings. The van der Waals surface area contributed by atoms with Crippen molar-refractivity contribution in [3.05, 3.63) is 190 Å². The molecule has 0 saturated heterocycles. The summed E-state index contributed by atoms with van der Waals surface area (Å²) in [5, 5.41) is 0. The summed E-state index contributed by atoms with van der Waals surface area (Å²) in [5.41, 5.74) is 18.5. The Morgan fingerprint density at radius 2 is 0.870 bits per heavy atom. The van der Waals surface area contributed by atoms with Gasteiger partial charge in [-0.2, -0.15) is 0 Å². The third kappa shape index (κ3) is 4.18. The summed E-state index contributed by atoms with van der Waals surface area (Å²) < 4.78 is 0. The molecule has 0 N–H and O–H groups in total. The van der Waals surface area contributed by atoms with E-state index in [0.717, 1.165) is 28.3 Å². The molecule has 2 atom stereocenters. The van der Waals surface area contributed by atoms with Gasteiger partial charge in [-0.1, -0.05) is 151 Å². The summed E-state index contributed by atoms with van der Waals surface area (Å²) in [5.74, 6) is 0.871. The second-order valence-electron chi connectivity index (χ2n) is 12.7. The van der Waals surface area contributed by atoms with Gasteiger partial charge >= 0.3 is 0 Å². The average molecular weight is 589 g/mol. The van der Waals surface area contributed by atoms with Gasteiger partial charge in [-0.25, -0.2) is 9.97 Å². The minimum absolute atomic E-state index is 0.103. The molecule has 218 valence electrons. The van der Waals surface area contributed by atoms with Crippen molar-refractivity contribution in [3.8, 4) is 44.8 Å². The van der Waals surface area contributed by atoms with E-state index in [2.05, 4.69) is 159 Å². The molecule has 0 aliphatic heterocycles. The number of rotatable bonds is 4. The molecular weight excluding hydrogens is 556 g/mol. The summed E-state index contributed by atoms with van der Waals surface area (Å²) in [6, 6.07) is 52.7. The van der Waals surface area contributed by atoms with Crippen molar-refractivity contribution < 1.29 is 0 Å². The van der Waals surface area contributed by atoms with E-state index in [-0.39, 0.29) is 11.8 Å². The van der Waals surface area contributed by atoms with Crippen molar-refractivity contribution >= 4 is 0 Å². The van der Waals surface area contributed by atoms with Crippen LogP contribution in [-0.4, -0.2) is 9.97 Å². The highest BCUT2D eigenvalue weighted by Crippen LogP contribution is 2.58. The van der Waals surface area contributed by atoms with E-state index < -0.39 is 0 Å². The van der Waals surface area contributed by atoms with Gasteiger partial charge in [0, 0.05) is 17.0 Å². The SMILES string of the molecule is Cc1ccc2c(c1)-c1ccc3c(c1C2c1ccccc1)C(c1nc(-c2ccccc2)cc(-c2ccccc2)n1)c1ccc(C)cc1-3. The Bertz CT molecular complexity index is 2210. The number of hydrogen-bond acceptors (Lipinski definition) is 2. The number of benzene rings is 6. The number of aryl methyl sites for hydroxylation is 2. The maximum absolute atomic E-state index is 5.41. The molecule has 2 aliphatic rings. The van der Waals surface area contributed by atoms with Gasteiger partial charge in [-0.3, -0.25) is 0 Å². The molecule has 0 amide bonds. The molecule has 0 bridgehead atoms. The van der Waals surface area contributed by atoms with Crippen LogP contribution in [0, 0.1) is 13.8 Å². The van der Waals surface area contributed by atoms with Crippen molar-refractivity contribution in [1.29, 1.82) is 0 Å². The highest BCUT2D eigenvalue weighted by molar-refractivity contribution is 5.91. The van der Waals surface area contributed by atoms with E-state index in [1.807, 2.05) is 0 Å². The zero-order valence-corrected chi connectivity index (χ0v) is 25.9. The summed E-state index contributed by atoms with van der Waals surface area (Å²) in [6.07, 6.45) is 0. The summed E-state index contributed by atoms with van der Waals surface area (Å²) in [6.45, 7) is 4.38. The van der Waals surface area contributed by atoms with E-state index in [1.165, 1.54) is 61.2 Å². The van der Waals surface area contributed by atoms with Crippen molar-refractivity contribution in [1.82, 2.24) is 9.97 Å². The molecule has 1 aromatic heterocycles. The summed E-state index contributed by atoms with van der Waals surface area (Å²) in [4.78, 5) is 10.8. The van der Waals surface area contributed by atoms with E-state index in [1.54, 1.807) is 0 Å². The quantitative estimate of drug-likeness (QED) is 0.204. The lowest BCUT2D eigenvalue weighted by molar-refractivity contribution is 0.857. The zero-order valence-electron chi connectivity index (χ0n) is 25.9. The number of aromatic nitrogens is 2. The van der Waals surface area contributed by atoms with Crippen LogP contribution in [0.4, 0.5) is 0 Å². The second kappa shape index (κ2) is 10.5. The molecule has 2 aliphatic carbocycles. The van der Waals surface area contributed by atoms with E-state index >= 15 is 0 Å². The highest BCUT2D eigenvalue weighted by Gasteiger charge is 2.41. The van der Waals surface area contributed by atoms with Gasteiger partial charge in [0.1, 0.15) is 5.82 Å². The van der Waals surface area contributed by atoms with E-state index in [0.29, 0.717) is 0 Å². The van der Waals surface area contributed by atoms with Gasteiger partial charge in [-0.05, 0) is 70.0 Å². The van der Waals surface area contributed by atoms with E-state index in [9.17, 15) is 0 Å². The Morgan fingerprint density at radius 3 is 1.39 bits per heavy atom. The molecule has 6 aromatic carbocycles. The Balaban J connectivity index is 1.36. The molecular formula is C44H32N2. The van der Waals surface area contributed by atoms with Crippen molar-refractivity contribution in [2.75, 3.05) is 0 Å². The summed E-state index contributed by atoms with van der Waals surface area (Å²) >= 11 is 0. The molecule has 0 spiro atoms. The molecule has 0 radical (unpaired) electrons. The Morgan fingerprint density at radius 1 is 0.413 bits per heavy atom. The van der Waals surface area contributed by atoms with Crippen LogP contribution in [0.5, 0.6) is 0 Å². The van der Waals surface area contributed by atoms with Crippen LogP contribution in [0.25, 0.3) is 44.8 Å². The van der Waals surface area contributed by atoms with Crippen molar-refractivity contribution in [3.63, 3.8) is 0 Å². The van der Waals surface area contributed by atoms with Crippen LogP contribution in [0.2, 0.25) is 0 Å². The van der Waals surface area contributed by atoms with Crippen LogP contribution in [0.3, 0.4) is 0 Å². The highest BCUT2D eigenvalue weighted by atomic mass is 14.9. The van der Waals surface area contributed by atoms with Crippen LogP contribution in [0.15, 0.2) is 146 Å². The maximum Gasteiger partial charge on any atom is 0.141 e. The van der Waals surface area contributed by atoms with Crippen LogP contribution in [-0.2, 0) is 0 Å². The standard InChI is InChI=1S/C44H32N2/c1-27-18-20-32-36(24-27)33-22-23-34-37-25-28(2)19-21-35(37)43(42(34)41(33)40(32)31-16-10-5-11-17-31)44-45-38(29-12-6-3-7-13-29)26-39(46-44)30-14-8-4-9-15-30/h3-26,40,43H,1-2H3. The van der Waals surface area contributed by atoms with Crippen LogP contribution >= 0.6 is 0 Å². The lowest BCUT2D eigenvalue weighted by Gasteiger charge is -2.22. The Kier molecular flexibility index (Phi) is 6.11. The first-order valence-electron chi connectivity index (χ1n) is 16.1. The third-order valence-corrected chi connectivity index (χ3v) is 9.76. The van der Waals surface area contributed by atoms with Gasteiger partial charge in [0.2, 0.25) is 0 Å². The smallest absolute Gasteiger partial charge is 0.141 e. The molecule has 46 heavy (non-hydrogen) atoms. The number of nitrogens with zero attached hydrogens (tertiary/aromatic N) is 2. The molecule has 2 nitrogen and oxygen atoms in total. The monoisotopic (exact) mass is 588 g/mol. The minimum atomic E-state index is -0.103. The normalized spacial score (nSPS) is 15.6. The predicted octanol–water partition coefficient (Wildman–Crippen LogP) is 10.7. The Labute approximate surface area is 270 Å². The first kappa shape index (κ1) is 26.8. The first-order valence-corrected chi connectivity index (χ1v) is 16.1. The summed E-state index contributed by atoms with van der Waals surface area (Å²) in [7, 11) is 0. The lowest BCUT2D eigenvalue weighted by atomic mass is 9.82. The van der Waals surface area contributed by atoms with Gasteiger partial charge in [-0.15, -0.1) is 0 Å². The molecule has 2 heteroatoms. The largest absolute Gasteiger partial charge is 0.232 e. The van der Waals surface area contributed by atoms with Gasteiger partial charge in [0.15, 0.2) is 0 Å². The topological polar surface area (TPSA) is 25.8 Å². The maximum atomic E-state index is 5.41.